The number of rotatable bonds is 2. The van der Waals surface area contributed by atoms with Gasteiger partial charge in [0.25, 0.3) is 5.91 Å². The molecule has 1 spiro atoms. The van der Waals surface area contributed by atoms with Crippen LogP contribution in [0.15, 0.2) is 36.5 Å². The first-order valence-corrected chi connectivity index (χ1v) is 8.35. The van der Waals surface area contributed by atoms with E-state index in [0.717, 1.165) is 24.2 Å². The summed E-state index contributed by atoms with van der Waals surface area (Å²) in [6, 6.07) is 9.55. The van der Waals surface area contributed by atoms with E-state index in [1.807, 2.05) is 46.8 Å². The van der Waals surface area contributed by atoms with Crippen molar-refractivity contribution < 1.29 is 14.3 Å². The van der Waals surface area contributed by atoms with Gasteiger partial charge in [0, 0.05) is 43.4 Å². The highest BCUT2D eigenvalue weighted by molar-refractivity contribution is 5.94. The highest BCUT2D eigenvalue weighted by Gasteiger charge is 2.40. The number of hydrogen-bond donors (Lipinski definition) is 0. The molecule has 0 saturated carbocycles. The van der Waals surface area contributed by atoms with E-state index in [4.69, 9.17) is 9.47 Å². The van der Waals surface area contributed by atoms with E-state index in [2.05, 4.69) is 5.10 Å². The topological polar surface area (TPSA) is 56.6 Å². The highest BCUT2D eigenvalue weighted by atomic mass is 16.7. The molecule has 1 aromatic carbocycles. The average Bonchev–Trinajstić information content (AvgIpc) is 3.25. The van der Waals surface area contributed by atoms with Crippen molar-refractivity contribution in [2.45, 2.75) is 25.6 Å². The summed E-state index contributed by atoms with van der Waals surface area (Å²) in [5.74, 6) is -0.385. The van der Waals surface area contributed by atoms with E-state index in [9.17, 15) is 4.79 Å². The first-order chi connectivity index (χ1) is 11.7. The van der Waals surface area contributed by atoms with E-state index in [1.165, 1.54) is 0 Å². The number of aryl methyl sites for hydroxylation is 1. The van der Waals surface area contributed by atoms with Crippen molar-refractivity contribution in [1.82, 2.24) is 14.7 Å². The normalized spacial score (nSPS) is 19.8. The van der Waals surface area contributed by atoms with Crippen molar-refractivity contribution in [1.29, 1.82) is 0 Å². The van der Waals surface area contributed by atoms with Crippen LogP contribution in [0.4, 0.5) is 0 Å². The Bertz CT molecular complexity index is 722. The molecule has 0 unspecified atom stereocenters. The number of piperidine rings is 1. The van der Waals surface area contributed by atoms with Gasteiger partial charge in [-0.05, 0) is 37.3 Å². The van der Waals surface area contributed by atoms with Crippen molar-refractivity contribution >= 4 is 5.91 Å². The maximum atomic E-state index is 12.7. The number of nitrogens with zero attached hydrogens (tertiary/aromatic N) is 3. The molecular weight excluding hydrogens is 306 g/mol. The van der Waals surface area contributed by atoms with Crippen LogP contribution >= 0.6 is 0 Å². The Balaban J connectivity index is 1.44. The third kappa shape index (κ3) is 2.72. The second-order valence-corrected chi connectivity index (χ2v) is 6.33. The second kappa shape index (κ2) is 6.03. The quantitative estimate of drug-likeness (QED) is 0.848. The molecule has 0 N–H and O–H groups in total. The number of benzene rings is 1. The minimum Gasteiger partial charge on any atom is -0.347 e. The fraction of sp³-hybridized carbons (Fsp3) is 0.444. The molecule has 2 fully saturated rings. The zero-order valence-electron chi connectivity index (χ0n) is 13.8. The summed E-state index contributed by atoms with van der Waals surface area (Å²) in [4.78, 5) is 14.6. The molecule has 24 heavy (non-hydrogen) atoms. The molecule has 2 aliphatic rings. The van der Waals surface area contributed by atoms with Gasteiger partial charge in [-0.3, -0.25) is 4.79 Å². The number of carbonyl (C=O) groups excluding carboxylic acids is 1. The van der Waals surface area contributed by atoms with Gasteiger partial charge in [-0.1, -0.05) is 0 Å². The zero-order chi connectivity index (χ0) is 16.6. The monoisotopic (exact) mass is 327 g/mol. The largest absolute Gasteiger partial charge is 0.347 e. The van der Waals surface area contributed by atoms with Gasteiger partial charge in [0.05, 0.1) is 18.9 Å². The van der Waals surface area contributed by atoms with Gasteiger partial charge >= 0.3 is 0 Å². The Labute approximate surface area is 141 Å². The summed E-state index contributed by atoms with van der Waals surface area (Å²) in [6.45, 7) is 4.64. The molecule has 0 radical (unpaired) electrons. The maximum Gasteiger partial charge on any atom is 0.253 e. The molecule has 1 amide bonds. The Morgan fingerprint density at radius 1 is 1.08 bits per heavy atom. The summed E-state index contributed by atoms with van der Waals surface area (Å²) in [7, 11) is 0. The van der Waals surface area contributed by atoms with E-state index in [1.54, 1.807) is 6.20 Å². The van der Waals surface area contributed by atoms with Crippen LogP contribution in [0.1, 0.15) is 28.9 Å². The molecule has 126 valence electrons. The smallest absolute Gasteiger partial charge is 0.253 e. The molecule has 1 aromatic heterocycles. The second-order valence-electron chi connectivity index (χ2n) is 6.33. The van der Waals surface area contributed by atoms with Crippen molar-refractivity contribution in [3.63, 3.8) is 0 Å². The molecule has 0 atom stereocenters. The van der Waals surface area contributed by atoms with Gasteiger partial charge in [0.1, 0.15) is 0 Å². The number of likely N-dealkylation sites (tertiary alicyclic amines) is 1. The van der Waals surface area contributed by atoms with Crippen LogP contribution in [0.5, 0.6) is 0 Å². The van der Waals surface area contributed by atoms with Crippen LogP contribution in [0.25, 0.3) is 5.69 Å². The molecule has 0 bridgehead atoms. The lowest BCUT2D eigenvalue weighted by molar-refractivity contribution is -0.181. The fourth-order valence-electron chi connectivity index (χ4n) is 3.40. The Kier molecular flexibility index (Phi) is 3.86. The molecule has 2 aliphatic heterocycles. The van der Waals surface area contributed by atoms with Crippen molar-refractivity contribution in [3.8, 4) is 5.69 Å². The maximum absolute atomic E-state index is 12.7. The SMILES string of the molecule is Cc1ccnn1-c1ccc(C(=O)N2CCC3(CC2)OCCO3)cc1. The van der Waals surface area contributed by atoms with Gasteiger partial charge in [-0.25, -0.2) is 4.68 Å². The number of ether oxygens (including phenoxy) is 2. The summed E-state index contributed by atoms with van der Waals surface area (Å²) in [6.07, 6.45) is 3.25. The molecule has 0 aliphatic carbocycles. The van der Waals surface area contributed by atoms with Gasteiger partial charge in [0.2, 0.25) is 0 Å². The number of hydrogen-bond acceptors (Lipinski definition) is 4. The summed E-state index contributed by atoms with van der Waals surface area (Å²) >= 11 is 0. The van der Waals surface area contributed by atoms with Crippen LogP contribution in [-0.4, -0.2) is 52.7 Å². The number of amides is 1. The summed E-state index contributed by atoms with van der Waals surface area (Å²) < 4.78 is 13.3. The van der Waals surface area contributed by atoms with Crippen LogP contribution in [0, 0.1) is 6.92 Å². The van der Waals surface area contributed by atoms with Crippen LogP contribution < -0.4 is 0 Å². The van der Waals surface area contributed by atoms with Gasteiger partial charge in [0.15, 0.2) is 5.79 Å². The first kappa shape index (κ1) is 15.4. The lowest BCUT2D eigenvalue weighted by atomic mass is 10.0. The van der Waals surface area contributed by atoms with Crippen molar-refractivity contribution in [2.24, 2.45) is 0 Å². The third-order valence-corrected chi connectivity index (χ3v) is 4.82. The lowest BCUT2D eigenvalue weighted by Gasteiger charge is -2.37. The molecule has 3 heterocycles. The first-order valence-electron chi connectivity index (χ1n) is 8.35. The Morgan fingerprint density at radius 3 is 2.33 bits per heavy atom. The Morgan fingerprint density at radius 2 is 1.75 bits per heavy atom. The van der Waals surface area contributed by atoms with Gasteiger partial charge in [-0.2, -0.15) is 5.10 Å². The lowest BCUT2D eigenvalue weighted by Crippen LogP contribution is -2.47. The standard InChI is InChI=1S/C18H21N3O3/c1-14-6-9-19-21(14)16-4-2-15(3-5-16)17(22)20-10-7-18(8-11-20)23-12-13-24-18/h2-6,9H,7-8,10-13H2,1H3. The minimum absolute atomic E-state index is 0.0617. The van der Waals surface area contributed by atoms with E-state index in [0.29, 0.717) is 31.9 Å². The third-order valence-electron chi connectivity index (χ3n) is 4.82. The van der Waals surface area contributed by atoms with Gasteiger partial charge in [-0.15, -0.1) is 0 Å². The van der Waals surface area contributed by atoms with Crippen molar-refractivity contribution in [3.05, 3.63) is 47.8 Å². The van der Waals surface area contributed by atoms with E-state index < -0.39 is 5.79 Å². The predicted molar refractivity (Wildman–Crippen MR) is 88.1 cm³/mol. The summed E-state index contributed by atoms with van der Waals surface area (Å²) in [5.41, 5.74) is 2.72. The molecule has 6 nitrogen and oxygen atoms in total. The Hall–Kier alpha value is -2.18. The van der Waals surface area contributed by atoms with Crippen LogP contribution in [0.3, 0.4) is 0 Å². The fourth-order valence-corrected chi connectivity index (χ4v) is 3.40. The summed E-state index contributed by atoms with van der Waals surface area (Å²) in [5, 5.41) is 4.28. The zero-order valence-corrected chi connectivity index (χ0v) is 13.8. The molecular formula is C18H21N3O3. The van der Waals surface area contributed by atoms with Gasteiger partial charge < -0.3 is 14.4 Å². The number of carbonyl (C=O) groups is 1. The van der Waals surface area contributed by atoms with Crippen LogP contribution in [-0.2, 0) is 9.47 Å². The molecule has 2 aromatic rings. The molecule has 4 rings (SSSR count). The average molecular weight is 327 g/mol. The van der Waals surface area contributed by atoms with Crippen molar-refractivity contribution in [2.75, 3.05) is 26.3 Å². The number of aromatic nitrogens is 2. The highest BCUT2D eigenvalue weighted by Crippen LogP contribution is 2.31. The predicted octanol–water partition coefficient (Wildman–Crippen LogP) is 2.16. The van der Waals surface area contributed by atoms with Crippen LogP contribution in [0.2, 0.25) is 0 Å². The molecule has 6 heteroatoms. The van der Waals surface area contributed by atoms with E-state index >= 15 is 0 Å². The minimum atomic E-state index is -0.446. The van der Waals surface area contributed by atoms with E-state index in [-0.39, 0.29) is 5.91 Å². The molecule has 2 saturated heterocycles.